The highest BCUT2D eigenvalue weighted by Gasteiger charge is 2.16. The molecule has 4 nitrogen and oxygen atoms in total. The van der Waals surface area contributed by atoms with Gasteiger partial charge >= 0.3 is 0 Å². The number of hydrogen-bond acceptors (Lipinski definition) is 3. The number of imidazole rings is 1. The summed E-state index contributed by atoms with van der Waals surface area (Å²) in [5, 5.41) is 3.39. The Labute approximate surface area is 110 Å². The maximum Gasteiger partial charge on any atom is 0.110 e. The zero-order valence-corrected chi connectivity index (χ0v) is 11.9. The molecular formula is C14H26N4. The zero-order chi connectivity index (χ0) is 13.0. The van der Waals surface area contributed by atoms with Crippen LogP contribution >= 0.6 is 0 Å². The number of H-pyrrole nitrogens is 1. The number of aromatic nitrogens is 2. The highest BCUT2D eigenvalue weighted by molar-refractivity contribution is 5.06. The van der Waals surface area contributed by atoms with Crippen LogP contribution in [0.4, 0.5) is 0 Å². The minimum Gasteiger partial charge on any atom is -0.346 e. The second-order valence-corrected chi connectivity index (χ2v) is 5.84. The molecule has 102 valence electrons. The van der Waals surface area contributed by atoms with Crippen molar-refractivity contribution in [1.82, 2.24) is 20.2 Å². The van der Waals surface area contributed by atoms with Gasteiger partial charge in [0.05, 0.1) is 0 Å². The monoisotopic (exact) mass is 250 g/mol. The molecule has 1 fully saturated rings. The zero-order valence-electron chi connectivity index (χ0n) is 11.9. The Bertz CT molecular complexity index is 352. The minimum absolute atomic E-state index is 0.490. The van der Waals surface area contributed by atoms with Gasteiger partial charge in [-0.2, -0.15) is 0 Å². The molecule has 0 spiro atoms. The fraction of sp³-hybridized carbons (Fsp3) is 0.786. The molecular weight excluding hydrogens is 224 g/mol. The van der Waals surface area contributed by atoms with E-state index in [2.05, 4.69) is 41.0 Å². The Kier molecular flexibility index (Phi) is 4.78. The van der Waals surface area contributed by atoms with Crippen molar-refractivity contribution in [2.75, 3.05) is 32.7 Å². The number of hydrogen-bond donors (Lipinski definition) is 2. The maximum atomic E-state index is 4.54. The topological polar surface area (TPSA) is 44.0 Å². The summed E-state index contributed by atoms with van der Waals surface area (Å²) in [6.45, 7) is 12.4. The van der Waals surface area contributed by atoms with Crippen LogP contribution in [0, 0.1) is 5.92 Å². The summed E-state index contributed by atoms with van der Waals surface area (Å²) in [6.07, 6.45) is 3.09. The lowest BCUT2D eigenvalue weighted by Crippen LogP contribution is -2.44. The van der Waals surface area contributed by atoms with E-state index < -0.39 is 0 Å². The normalized spacial score (nSPS) is 19.3. The van der Waals surface area contributed by atoms with Gasteiger partial charge in [-0.15, -0.1) is 0 Å². The van der Waals surface area contributed by atoms with Crippen LogP contribution in [-0.4, -0.2) is 47.6 Å². The third-order valence-electron chi connectivity index (χ3n) is 3.48. The number of nitrogens with zero attached hydrogens (tertiary/aromatic N) is 2. The summed E-state index contributed by atoms with van der Waals surface area (Å²) in [4.78, 5) is 10.5. The van der Waals surface area contributed by atoms with Crippen LogP contribution in [0.3, 0.4) is 0 Å². The first-order valence-corrected chi connectivity index (χ1v) is 7.12. The van der Waals surface area contributed by atoms with Crippen LogP contribution in [0.15, 0.2) is 6.20 Å². The van der Waals surface area contributed by atoms with Crippen molar-refractivity contribution in [3.8, 4) is 0 Å². The summed E-state index contributed by atoms with van der Waals surface area (Å²) < 4.78 is 0. The van der Waals surface area contributed by atoms with Crippen LogP contribution in [-0.2, 0) is 6.42 Å². The van der Waals surface area contributed by atoms with Crippen LogP contribution in [0.5, 0.6) is 0 Å². The van der Waals surface area contributed by atoms with E-state index in [0.29, 0.717) is 11.8 Å². The molecule has 0 aromatic carbocycles. The molecule has 0 aliphatic carbocycles. The number of aromatic amines is 1. The molecule has 0 bridgehead atoms. The van der Waals surface area contributed by atoms with E-state index in [1.54, 1.807) is 0 Å². The average molecular weight is 250 g/mol. The lowest BCUT2D eigenvalue weighted by atomic mass is 10.1. The van der Waals surface area contributed by atoms with E-state index >= 15 is 0 Å². The highest BCUT2D eigenvalue weighted by Crippen LogP contribution is 2.15. The van der Waals surface area contributed by atoms with E-state index in [-0.39, 0.29) is 0 Å². The van der Waals surface area contributed by atoms with Gasteiger partial charge in [-0.05, 0) is 12.3 Å². The van der Waals surface area contributed by atoms with E-state index in [9.17, 15) is 0 Å². The molecule has 2 heterocycles. The quantitative estimate of drug-likeness (QED) is 0.834. The van der Waals surface area contributed by atoms with E-state index in [0.717, 1.165) is 45.0 Å². The average Bonchev–Trinajstić information content (AvgIpc) is 2.78. The van der Waals surface area contributed by atoms with Gasteiger partial charge in [0.25, 0.3) is 0 Å². The van der Waals surface area contributed by atoms with Crippen LogP contribution in [0.1, 0.15) is 38.2 Å². The molecule has 2 rings (SSSR count). The lowest BCUT2D eigenvalue weighted by molar-refractivity contribution is 0.228. The standard InChI is InChI=1S/C14H26N4/c1-11(2)8-13-9-16-14(17-13)12(3)10-18-6-4-15-5-7-18/h9,11-12,15H,4-8,10H2,1-3H3,(H,16,17). The van der Waals surface area contributed by atoms with E-state index in [1.165, 1.54) is 5.69 Å². The molecule has 0 radical (unpaired) electrons. The first-order chi connectivity index (χ1) is 8.65. The molecule has 1 aromatic rings. The third kappa shape index (κ3) is 3.82. The van der Waals surface area contributed by atoms with Crippen molar-refractivity contribution >= 4 is 0 Å². The molecule has 0 saturated carbocycles. The van der Waals surface area contributed by atoms with E-state index in [4.69, 9.17) is 0 Å². The molecule has 0 amide bonds. The summed E-state index contributed by atoms with van der Waals surface area (Å²) in [5.74, 6) is 2.31. The summed E-state index contributed by atoms with van der Waals surface area (Å²) in [7, 11) is 0. The van der Waals surface area contributed by atoms with Crippen molar-refractivity contribution in [3.63, 3.8) is 0 Å². The van der Waals surface area contributed by atoms with Gasteiger partial charge < -0.3 is 15.2 Å². The van der Waals surface area contributed by atoms with E-state index in [1.807, 2.05) is 6.20 Å². The third-order valence-corrected chi connectivity index (χ3v) is 3.48. The molecule has 4 heteroatoms. The summed E-state index contributed by atoms with van der Waals surface area (Å²) >= 11 is 0. The Morgan fingerprint density at radius 1 is 1.28 bits per heavy atom. The molecule has 1 aromatic heterocycles. The van der Waals surface area contributed by atoms with Gasteiger partial charge in [-0.25, -0.2) is 4.98 Å². The predicted octanol–water partition coefficient (Wildman–Crippen LogP) is 1.62. The molecule has 1 atom stereocenters. The van der Waals surface area contributed by atoms with Gasteiger partial charge in [-0.1, -0.05) is 20.8 Å². The number of rotatable bonds is 5. The van der Waals surface area contributed by atoms with Gasteiger partial charge in [0.2, 0.25) is 0 Å². The predicted molar refractivity (Wildman–Crippen MR) is 74.9 cm³/mol. The fourth-order valence-electron chi connectivity index (χ4n) is 2.54. The van der Waals surface area contributed by atoms with Gasteiger partial charge in [0, 0.05) is 50.5 Å². The van der Waals surface area contributed by atoms with Crippen molar-refractivity contribution < 1.29 is 0 Å². The first kappa shape index (κ1) is 13.6. The molecule has 1 unspecified atom stereocenters. The molecule has 18 heavy (non-hydrogen) atoms. The fourth-order valence-corrected chi connectivity index (χ4v) is 2.54. The molecule has 1 aliphatic heterocycles. The Balaban J connectivity index is 1.87. The number of nitrogens with one attached hydrogen (secondary N) is 2. The van der Waals surface area contributed by atoms with Crippen molar-refractivity contribution in [1.29, 1.82) is 0 Å². The SMILES string of the molecule is CC(C)Cc1cnc(C(C)CN2CCNCC2)[nH]1. The highest BCUT2D eigenvalue weighted by atomic mass is 15.2. The molecule has 2 N–H and O–H groups in total. The first-order valence-electron chi connectivity index (χ1n) is 7.12. The summed E-state index contributed by atoms with van der Waals surface area (Å²) in [6, 6.07) is 0. The smallest absolute Gasteiger partial charge is 0.110 e. The lowest BCUT2D eigenvalue weighted by Gasteiger charge is -2.29. The Morgan fingerprint density at radius 3 is 2.67 bits per heavy atom. The minimum atomic E-state index is 0.490. The van der Waals surface area contributed by atoms with Gasteiger partial charge in [-0.3, -0.25) is 0 Å². The summed E-state index contributed by atoms with van der Waals surface area (Å²) in [5.41, 5.74) is 1.27. The second-order valence-electron chi connectivity index (χ2n) is 5.84. The Morgan fingerprint density at radius 2 is 2.00 bits per heavy atom. The van der Waals surface area contributed by atoms with Gasteiger partial charge in [0.1, 0.15) is 5.82 Å². The molecule has 1 aliphatic rings. The Hall–Kier alpha value is -0.870. The van der Waals surface area contributed by atoms with Crippen LogP contribution < -0.4 is 5.32 Å². The van der Waals surface area contributed by atoms with Crippen molar-refractivity contribution in [2.24, 2.45) is 5.92 Å². The molecule has 1 saturated heterocycles. The van der Waals surface area contributed by atoms with Gasteiger partial charge in [0.15, 0.2) is 0 Å². The maximum absolute atomic E-state index is 4.54. The number of piperazine rings is 1. The second kappa shape index (κ2) is 6.34. The van der Waals surface area contributed by atoms with Crippen LogP contribution in [0.25, 0.3) is 0 Å². The van der Waals surface area contributed by atoms with Crippen molar-refractivity contribution in [2.45, 2.75) is 33.1 Å². The van der Waals surface area contributed by atoms with Crippen LogP contribution in [0.2, 0.25) is 0 Å². The van der Waals surface area contributed by atoms with Crippen molar-refractivity contribution in [3.05, 3.63) is 17.7 Å². The largest absolute Gasteiger partial charge is 0.346 e.